The Hall–Kier alpha value is -3.08. The molecule has 0 aliphatic carbocycles. The van der Waals surface area contributed by atoms with Gasteiger partial charge in [-0.25, -0.2) is 9.59 Å². The molecule has 5 nitrogen and oxygen atoms in total. The zero-order valence-electron chi connectivity index (χ0n) is 13.9. The summed E-state index contributed by atoms with van der Waals surface area (Å²) in [5, 5.41) is 0. The maximum absolute atomic E-state index is 12.3. The molecule has 0 bridgehead atoms. The second-order valence-electron chi connectivity index (χ2n) is 5.99. The van der Waals surface area contributed by atoms with E-state index in [9.17, 15) is 9.59 Å². The summed E-state index contributed by atoms with van der Waals surface area (Å²) in [6, 6.07) is 7.30. The molecule has 2 aliphatic heterocycles. The van der Waals surface area contributed by atoms with Crippen LogP contribution in [0.4, 0.5) is 0 Å². The van der Waals surface area contributed by atoms with Crippen molar-refractivity contribution in [3.8, 4) is 0 Å². The van der Waals surface area contributed by atoms with Crippen LogP contribution < -0.4 is 0 Å². The van der Waals surface area contributed by atoms with Crippen LogP contribution in [0.5, 0.6) is 0 Å². The normalized spacial score (nSPS) is 22.8. The molecule has 2 aromatic rings. The third-order valence-electron chi connectivity index (χ3n) is 4.68. The molecular weight excluding hydrogens is 320 g/mol. The number of carbonyl (C=O) groups excluding carboxylic acids is 2. The molecule has 0 N–H and O–H groups in total. The van der Waals surface area contributed by atoms with E-state index in [1.54, 1.807) is 30.7 Å². The van der Waals surface area contributed by atoms with E-state index in [4.69, 9.17) is 13.9 Å². The van der Waals surface area contributed by atoms with Crippen LogP contribution in [0.1, 0.15) is 47.0 Å². The van der Waals surface area contributed by atoms with Gasteiger partial charge >= 0.3 is 11.9 Å². The molecule has 1 fully saturated rings. The highest BCUT2D eigenvalue weighted by atomic mass is 16.6. The van der Waals surface area contributed by atoms with Gasteiger partial charge in [0.25, 0.3) is 0 Å². The van der Waals surface area contributed by atoms with Crippen LogP contribution in [-0.2, 0) is 20.9 Å². The van der Waals surface area contributed by atoms with Gasteiger partial charge in [0.05, 0.1) is 23.7 Å². The zero-order valence-corrected chi connectivity index (χ0v) is 13.9. The number of carbonyl (C=O) groups is 2. The lowest BCUT2D eigenvalue weighted by molar-refractivity contribution is -0.138. The number of benzene rings is 1. The lowest BCUT2D eigenvalue weighted by Gasteiger charge is -2.14. The van der Waals surface area contributed by atoms with E-state index in [0.717, 1.165) is 27.8 Å². The Balaban J connectivity index is 1.93. The Morgan fingerprint density at radius 1 is 1.20 bits per heavy atom. The lowest BCUT2D eigenvalue weighted by atomic mass is 9.88. The van der Waals surface area contributed by atoms with Crippen LogP contribution in [0.3, 0.4) is 0 Å². The van der Waals surface area contributed by atoms with Crippen molar-refractivity contribution in [2.45, 2.75) is 26.6 Å². The molecule has 1 aromatic heterocycles. The second kappa shape index (κ2) is 5.77. The number of ether oxygens (including phenoxy) is 2. The Kier molecular flexibility index (Phi) is 3.57. The topological polar surface area (TPSA) is 65.7 Å². The molecule has 0 radical (unpaired) electrons. The summed E-state index contributed by atoms with van der Waals surface area (Å²) in [6.45, 7) is 3.99. The number of esters is 2. The van der Waals surface area contributed by atoms with Gasteiger partial charge in [-0.1, -0.05) is 18.2 Å². The van der Waals surface area contributed by atoms with Crippen molar-refractivity contribution in [2.24, 2.45) is 0 Å². The highest BCUT2D eigenvalue weighted by Gasteiger charge is 2.38. The molecular formula is C20H16O5. The van der Waals surface area contributed by atoms with E-state index in [1.165, 1.54) is 0 Å². The number of hydrogen-bond acceptors (Lipinski definition) is 5. The van der Waals surface area contributed by atoms with Crippen molar-refractivity contribution in [3.63, 3.8) is 0 Å². The van der Waals surface area contributed by atoms with Gasteiger partial charge in [0.15, 0.2) is 6.10 Å². The van der Waals surface area contributed by atoms with Crippen molar-refractivity contribution < 1.29 is 23.5 Å². The second-order valence-corrected chi connectivity index (χ2v) is 5.99. The fourth-order valence-electron chi connectivity index (χ4n) is 3.46. The molecule has 0 amide bonds. The monoisotopic (exact) mass is 336 g/mol. The Morgan fingerprint density at radius 2 is 2.04 bits per heavy atom. The van der Waals surface area contributed by atoms with Gasteiger partial charge in [-0.2, -0.15) is 0 Å². The highest BCUT2D eigenvalue weighted by Crippen LogP contribution is 2.44. The van der Waals surface area contributed by atoms with Gasteiger partial charge in [-0.3, -0.25) is 0 Å². The summed E-state index contributed by atoms with van der Waals surface area (Å²) in [4.78, 5) is 24.2. The minimum absolute atomic E-state index is 0.241. The molecule has 25 heavy (non-hydrogen) atoms. The van der Waals surface area contributed by atoms with Crippen molar-refractivity contribution in [2.75, 3.05) is 0 Å². The summed E-state index contributed by atoms with van der Waals surface area (Å²) in [7, 11) is 0. The number of hydrogen-bond donors (Lipinski definition) is 0. The molecule has 0 spiro atoms. The molecule has 5 heteroatoms. The molecule has 4 rings (SSSR count). The fourth-order valence-corrected chi connectivity index (χ4v) is 3.46. The van der Waals surface area contributed by atoms with Gasteiger partial charge in [-0.05, 0) is 37.1 Å². The van der Waals surface area contributed by atoms with Crippen LogP contribution in [0.15, 0.2) is 58.4 Å². The Labute approximate surface area is 144 Å². The predicted molar refractivity (Wildman–Crippen MR) is 89.5 cm³/mol. The van der Waals surface area contributed by atoms with E-state index in [-0.39, 0.29) is 18.5 Å². The van der Waals surface area contributed by atoms with Crippen LogP contribution in [0.25, 0.3) is 5.57 Å². The first-order chi connectivity index (χ1) is 12.1. The fraction of sp³-hybridized carbons (Fsp3) is 0.200. The molecule has 1 aromatic carbocycles. The molecule has 0 unspecified atom stereocenters. The quantitative estimate of drug-likeness (QED) is 0.613. The van der Waals surface area contributed by atoms with Crippen LogP contribution in [0, 0.1) is 0 Å². The summed E-state index contributed by atoms with van der Waals surface area (Å²) in [5.74, 6) is -0.672. The first-order valence-corrected chi connectivity index (χ1v) is 8.01. The van der Waals surface area contributed by atoms with Crippen molar-refractivity contribution in [3.05, 3.63) is 76.3 Å². The number of furan rings is 1. The van der Waals surface area contributed by atoms with E-state index in [1.807, 2.05) is 26.0 Å². The molecule has 3 heterocycles. The van der Waals surface area contributed by atoms with Gasteiger partial charge in [0.2, 0.25) is 0 Å². The molecule has 1 saturated heterocycles. The number of cyclic esters (lactones) is 2. The average Bonchev–Trinajstić information content (AvgIpc) is 3.33. The molecule has 126 valence electrons. The molecule has 0 saturated carbocycles. The number of fused-ring (bicyclic) bond motifs is 1. The number of allylic oxidation sites excluding steroid dienone is 2. The first kappa shape index (κ1) is 15.4. The van der Waals surface area contributed by atoms with Gasteiger partial charge in [0.1, 0.15) is 6.61 Å². The summed E-state index contributed by atoms with van der Waals surface area (Å²) in [5.41, 5.74) is 5.31. The summed E-state index contributed by atoms with van der Waals surface area (Å²) < 4.78 is 15.9. The van der Waals surface area contributed by atoms with Crippen molar-refractivity contribution in [1.29, 1.82) is 0 Å². The Bertz CT molecular complexity index is 931. The zero-order chi connectivity index (χ0) is 17.6. The van der Waals surface area contributed by atoms with E-state index in [2.05, 4.69) is 0 Å². The smallest absolute Gasteiger partial charge is 0.339 e. The summed E-state index contributed by atoms with van der Waals surface area (Å²) >= 11 is 0. The minimum Gasteiger partial charge on any atom is -0.472 e. The van der Waals surface area contributed by atoms with Gasteiger partial charge in [0, 0.05) is 16.7 Å². The van der Waals surface area contributed by atoms with E-state index in [0.29, 0.717) is 11.1 Å². The molecule has 2 aliphatic rings. The SMILES string of the molecule is C/C=C1\C(=O)O[C@@H](c2ccoc2)\C1=C(/C)c1cccc2c1COC2=O. The maximum atomic E-state index is 12.3. The highest BCUT2D eigenvalue weighted by molar-refractivity contribution is 6.02. The first-order valence-electron chi connectivity index (χ1n) is 8.01. The van der Waals surface area contributed by atoms with Crippen LogP contribution >= 0.6 is 0 Å². The van der Waals surface area contributed by atoms with Crippen LogP contribution in [-0.4, -0.2) is 11.9 Å². The lowest BCUT2D eigenvalue weighted by Crippen LogP contribution is -2.01. The van der Waals surface area contributed by atoms with Crippen molar-refractivity contribution in [1.82, 2.24) is 0 Å². The van der Waals surface area contributed by atoms with Crippen molar-refractivity contribution >= 4 is 17.5 Å². The Morgan fingerprint density at radius 3 is 2.76 bits per heavy atom. The van der Waals surface area contributed by atoms with Gasteiger partial charge < -0.3 is 13.9 Å². The average molecular weight is 336 g/mol. The van der Waals surface area contributed by atoms with E-state index >= 15 is 0 Å². The third-order valence-corrected chi connectivity index (χ3v) is 4.68. The van der Waals surface area contributed by atoms with E-state index < -0.39 is 6.10 Å². The standard InChI is InChI=1S/C20H16O5/c1-3-13-17(18(25-20(13)22)12-7-8-23-9-12)11(2)14-5-4-6-15-16(14)10-24-19(15)21/h3-9,18H,10H2,1-2H3/b13-3-,17-11+/t18-/m0/s1. The summed E-state index contributed by atoms with van der Waals surface area (Å²) in [6.07, 6.45) is 4.36. The van der Waals surface area contributed by atoms with Gasteiger partial charge in [-0.15, -0.1) is 0 Å². The largest absolute Gasteiger partial charge is 0.472 e. The molecule has 1 atom stereocenters. The van der Waals surface area contributed by atoms with Crippen LogP contribution in [0.2, 0.25) is 0 Å². The minimum atomic E-state index is -0.522. The third kappa shape index (κ3) is 2.31. The number of rotatable bonds is 2. The predicted octanol–water partition coefficient (Wildman–Crippen LogP) is 3.97. The maximum Gasteiger partial charge on any atom is 0.339 e.